The van der Waals surface area contributed by atoms with Crippen molar-refractivity contribution in [3.8, 4) is 0 Å². The number of hydrogen-bond donors (Lipinski definition) is 2. The lowest BCUT2D eigenvalue weighted by atomic mass is 9.92. The monoisotopic (exact) mass is 315 g/mol. The first-order valence-electron chi connectivity index (χ1n) is 9.04. The van der Waals surface area contributed by atoms with Gasteiger partial charge in [0.25, 0.3) is 0 Å². The highest BCUT2D eigenvalue weighted by atomic mass is 16.2. The third kappa shape index (κ3) is 3.93. The van der Waals surface area contributed by atoms with Gasteiger partial charge in [0.1, 0.15) is 0 Å². The summed E-state index contributed by atoms with van der Waals surface area (Å²) < 4.78 is 0. The SMILES string of the molecule is CCC1(C(=O)NC2CCCN(Cc3ccccc3)C2)CCCN1. The van der Waals surface area contributed by atoms with Crippen LogP contribution in [0.25, 0.3) is 0 Å². The largest absolute Gasteiger partial charge is 0.350 e. The van der Waals surface area contributed by atoms with Gasteiger partial charge in [0, 0.05) is 19.1 Å². The standard InChI is InChI=1S/C19H29N3O/c1-2-19(11-7-12-20-19)18(23)21-17-10-6-13-22(15-17)14-16-8-4-3-5-9-16/h3-5,8-9,17,20H,2,6-7,10-15H2,1H3,(H,21,23). The molecule has 2 fully saturated rings. The predicted octanol–water partition coefficient (Wildman–Crippen LogP) is 2.30. The van der Waals surface area contributed by atoms with Gasteiger partial charge in [-0.1, -0.05) is 37.3 Å². The Kier molecular flexibility index (Phi) is 5.34. The zero-order valence-electron chi connectivity index (χ0n) is 14.2. The van der Waals surface area contributed by atoms with E-state index >= 15 is 0 Å². The van der Waals surface area contributed by atoms with Crippen molar-refractivity contribution < 1.29 is 4.79 Å². The molecule has 2 aliphatic heterocycles. The number of piperidine rings is 1. The number of nitrogens with zero attached hydrogens (tertiary/aromatic N) is 1. The van der Waals surface area contributed by atoms with Crippen LogP contribution in [-0.2, 0) is 11.3 Å². The van der Waals surface area contributed by atoms with E-state index in [2.05, 4.69) is 52.8 Å². The number of benzene rings is 1. The zero-order valence-corrected chi connectivity index (χ0v) is 14.2. The first-order chi connectivity index (χ1) is 11.2. The van der Waals surface area contributed by atoms with Gasteiger partial charge in [-0.15, -0.1) is 0 Å². The van der Waals surface area contributed by atoms with E-state index in [0.717, 1.165) is 58.3 Å². The second-order valence-electron chi connectivity index (χ2n) is 7.00. The van der Waals surface area contributed by atoms with Crippen molar-refractivity contribution in [3.63, 3.8) is 0 Å². The molecule has 2 unspecified atom stereocenters. The lowest BCUT2D eigenvalue weighted by Crippen LogP contribution is -2.58. The van der Waals surface area contributed by atoms with Gasteiger partial charge in [-0.05, 0) is 50.8 Å². The van der Waals surface area contributed by atoms with E-state index in [1.54, 1.807) is 0 Å². The van der Waals surface area contributed by atoms with Crippen molar-refractivity contribution in [3.05, 3.63) is 35.9 Å². The van der Waals surface area contributed by atoms with E-state index in [0.29, 0.717) is 0 Å². The predicted molar refractivity (Wildman–Crippen MR) is 93.1 cm³/mol. The Labute approximate surface area is 139 Å². The number of carbonyl (C=O) groups is 1. The van der Waals surface area contributed by atoms with Crippen LogP contribution >= 0.6 is 0 Å². The van der Waals surface area contributed by atoms with E-state index in [1.807, 2.05) is 0 Å². The average Bonchev–Trinajstić information content (AvgIpc) is 3.06. The topological polar surface area (TPSA) is 44.4 Å². The Balaban J connectivity index is 1.55. The molecule has 1 amide bonds. The Morgan fingerprint density at radius 3 is 2.87 bits per heavy atom. The highest BCUT2D eigenvalue weighted by Crippen LogP contribution is 2.24. The summed E-state index contributed by atoms with van der Waals surface area (Å²) >= 11 is 0. The molecule has 2 aliphatic rings. The lowest BCUT2D eigenvalue weighted by molar-refractivity contribution is -0.128. The third-order valence-electron chi connectivity index (χ3n) is 5.37. The quantitative estimate of drug-likeness (QED) is 0.876. The van der Waals surface area contributed by atoms with Gasteiger partial charge < -0.3 is 10.6 Å². The highest BCUT2D eigenvalue weighted by Gasteiger charge is 2.40. The first kappa shape index (κ1) is 16.5. The van der Waals surface area contributed by atoms with Gasteiger partial charge in [0.2, 0.25) is 5.91 Å². The van der Waals surface area contributed by atoms with Crippen molar-refractivity contribution in [1.82, 2.24) is 15.5 Å². The van der Waals surface area contributed by atoms with Crippen molar-refractivity contribution >= 4 is 5.91 Å². The Morgan fingerprint density at radius 1 is 1.35 bits per heavy atom. The molecular formula is C19H29N3O. The lowest BCUT2D eigenvalue weighted by Gasteiger charge is -2.36. The third-order valence-corrected chi connectivity index (χ3v) is 5.37. The zero-order chi connectivity index (χ0) is 16.1. The maximum atomic E-state index is 12.7. The fraction of sp³-hybridized carbons (Fsp3) is 0.632. The summed E-state index contributed by atoms with van der Waals surface area (Å²) in [6, 6.07) is 10.9. The number of hydrogen-bond acceptors (Lipinski definition) is 3. The first-order valence-corrected chi connectivity index (χ1v) is 9.04. The van der Waals surface area contributed by atoms with E-state index in [9.17, 15) is 4.79 Å². The fourth-order valence-corrected chi connectivity index (χ4v) is 3.94. The molecule has 0 spiro atoms. The van der Waals surface area contributed by atoms with Crippen molar-refractivity contribution in [2.75, 3.05) is 19.6 Å². The van der Waals surface area contributed by atoms with Crippen LogP contribution in [0.2, 0.25) is 0 Å². The second kappa shape index (κ2) is 7.45. The normalized spacial score (nSPS) is 28.7. The number of nitrogens with one attached hydrogen (secondary N) is 2. The number of rotatable bonds is 5. The molecule has 2 heterocycles. The molecular weight excluding hydrogens is 286 g/mol. The summed E-state index contributed by atoms with van der Waals surface area (Å²) in [5.74, 6) is 0.212. The van der Waals surface area contributed by atoms with E-state index in [4.69, 9.17) is 0 Å². The molecule has 4 heteroatoms. The molecule has 0 aliphatic carbocycles. The van der Waals surface area contributed by atoms with Crippen LogP contribution in [0, 0.1) is 0 Å². The number of carbonyl (C=O) groups excluding carboxylic acids is 1. The number of amides is 1. The Bertz CT molecular complexity index is 511. The van der Waals surface area contributed by atoms with Crippen molar-refractivity contribution in [2.45, 2.75) is 57.2 Å². The Hall–Kier alpha value is -1.39. The molecule has 0 saturated carbocycles. The van der Waals surface area contributed by atoms with E-state index in [1.165, 1.54) is 5.56 Å². The van der Waals surface area contributed by atoms with Crippen LogP contribution in [0.1, 0.15) is 44.6 Å². The molecule has 3 rings (SSSR count). The molecule has 0 aromatic heterocycles. The minimum atomic E-state index is -0.318. The fourth-order valence-electron chi connectivity index (χ4n) is 3.94. The van der Waals surface area contributed by atoms with Gasteiger partial charge >= 0.3 is 0 Å². The second-order valence-corrected chi connectivity index (χ2v) is 7.00. The van der Waals surface area contributed by atoms with Crippen LogP contribution in [0.4, 0.5) is 0 Å². The smallest absolute Gasteiger partial charge is 0.240 e. The van der Waals surface area contributed by atoms with Gasteiger partial charge in [0.05, 0.1) is 5.54 Å². The molecule has 2 atom stereocenters. The molecule has 4 nitrogen and oxygen atoms in total. The molecule has 0 radical (unpaired) electrons. The van der Waals surface area contributed by atoms with Crippen LogP contribution in [0.3, 0.4) is 0 Å². The summed E-state index contributed by atoms with van der Waals surface area (Å²) in [5, 5.41) is 6.76. The molecule has 2 saturated heterocycles. The summed E-state index contributed by atoms with van der Waals surface area (Å²) in [4.78, 5) is 15.2. The molecule has 23 heavy (non-hydrogen) atoms. The molecule has 1 aromatic carbocycles. The molecule has 2 N–H and O–H groups in total. The average molecular weight is 315 g/mol. The minimum absolute atomic E-state index is 0.212. The highest BCUT2D eigenvalue weighted by molar-refractivity contribution is 5.86. The van der Waals surface area contributed by atoms with Crippen molar-refractivity contribution in [1.29, 1.82) is 0 Å². The Morgan fingerprint density at radius 2 is 2.17 bits per heavy atom. The van der Waals surface area contributed by atoms with Gasteiger partial charge in [0.15, 0.2) is 0 Å². The van der Waals surface area contributed by atoms with Gasteiger partial charge in [-0.2, -0.15) is 0 Å². The minimum Gasteiger partial charge on any atom is -0.350 e. The summed E-state index contributed by atoms with van der Waals surface area (Å²) in [6.45, 7) is 6.13. The van der Waals surface area contributed by atoms with Crippen molar-refractivity contribution in [2.24, 2.45) is 0 Å². The summed E-state index contributed by atoms with van der Waals surface area (Å²) in [6.07, 6.45) is 5.20. The van der Waals surface area contributed by atoms with Gasteiger partial charge in [-0.25, -0.2) is 0 Å². The maximum absolute atomic E-state index is 12.7. The summed E-state index contributed by atoms with van der Waals surface area (Å²) in [7, 11) is 0. The molecule has 126 valence electrons. The van der Waals surface area contributed by atoms with Crippen LogP contribution in [0.15, 0.2) is 30.3 Å². The molecule has 1 aromatic rings. The van der Waals surface area contributed by atoms with Crippen LogP contribution in [0.5, 0.6) is 0 Å². The van der Waals surface area contributed by atoms with Crippen LogP contribution < -0.4 is 10.6 Å². The summed E-state index contributed by atoms with van der Waals surface area (Å²) in [5.41, 5.74) is 1.03. The van der Waals surface area contributed by atoms with Crippen LogP contribution in [-0.4, -0.2) is 42.0 Å². The van der Waals surface area contributed by atoms with E-state index in [-0.39, 0.29) is 17.5 Å². The van der Waals surface area contributed by atoms with Gasteiger partial charge in [-0.3, -0.25) is 9.69 Å². The molecule has 0 bridgehead atoms. The maximum Gasteiger partial charge on any atom is 0.240 e. The number of likely N-dealkylation sites (tertiary alicyclic amines) is 1. The van der Waals surface area contributed by atoms with E-state index < -0.39 is 0 Å².